The van der Waals surface area contributed by atoms with Crippen LogP contribution in [0.3, 0.4) is 0 Å². The third-order valence-corrected chi connectivity index (χ3v) is 4.11. The van der Waals surface area contributed by atoms with Crippen LogP contribution >= 0.6 is 15.9 Å². The number of nitrogens with one attached hydrogen (secondary N) is 1. The predicted octanol–water partition coefficient (Wildman–Crippen LogP) is 1.20. The number of hydrogen-bond donors (Lipinski definition) is 1. The van der Waals surface area contributed by atoms with E-state index in [2.05, 4.69) is 26.1 Å². The highest BCUT2D eigenvalue weighted by Gasteiger charge is 2.38. The van der Waals surface area contributed by atoms with E-state index >= 15 is 0 Å². The lowest BCUT2D eigenvalue weighted by molar-refractivity contribution is -0.120. The van der Waals surface area contributed by atoms with E-state index < -0.39 is 0 Å². The summed E-state index contributed by atoms with van der Waals surface area (Å²) in [5, 5.41) is 3.28. The van der Waals surface area contributed by atoms with Crippen molar-refractivity contribution in [3.05, 3.63) is 22.7 Å². The average Bonchev–Trinajstić information content (AvgIpc) is 2.36. The van der Waals surface area contributed by atoms with Crippen molar-refractivity contribution < 1.29 is 4.79 Å². The third-order valence-electron chi connectivity index (χ3n) is 3.47. The third kappa shape index (κ3) is 1.57. The normalized spacial score (nSPS) is 23.4. The fraction of sp³-hybridized carbons (Fsp3) is 0.417. The van der Waals surface area contributed by atoms with Crippen LogP contribution in [0.5, 0.6) is 0 Å². The Kier molecular flexibility index (Phi) is 2.60. The monoisotopic (exact) mass is 295 g/mol. The Bertz CT molecular complexity index is 477. The highest BCUT2D eigenvalue weighted by molar-refractivity contribution is 9.10. The zero-order valence-corrected chi connectivity index (χ0v) is 11.2. The molecule has 1 aromatic rings. The Morgan fingerprint density at radius 2 is 2.29 bits per heavy atom. The van der Waals surface area contributed by atoms with Crippen LogP contribution in [0.4, 0.5) is 11.4 Å². The van der Waals surface area contributed by atoms with Crippen molar-refractivity contribution in [1.82, 2.24) is 5.32 Å². The summed E-state index contributed by atoms with van der Waals surface area (Å²) >= 11 is 3.59. The van der Waals surface area contributed by atoms with Crippen LogP contribution in [-0.4, -0.2) is 38.6 Å². The maximum Gasteiger partial charge on any atom is 0.250 e. The van der Waals surface area contributed by atoms with Crippen LogP contribution in [0.25, 0.3) is 0 Å². The van der Waals surface area contributed by atoms with Crippen molar-refractivity contribution in [3.8, 4) is 0 Å². The predicted molar refractivity (Wildman–Crippen MR) is 71.6 cm³/mol. The number of nitrogens with zero attached hydrogens (tertiary/aromatic N) is 2. The second kappa shape index (κ2) is 3.99. The van der Waals surface area contributed by atoms with Gasteiger partial charge in [0, 0.05) is 31.2 Å². The number of halogens is 1. The number of amides is 1. The molecule has 1 N–H and O–H groups in total. The van der Waals surface area contributed by atoms with Crippen molar-refractivity contribution in [2.45, 2.75) is 6.04 Å². The minimum Gasteiger partial charge on any atom is -0.355 e. The molecule has 17 heavy (non-hydrogen) atoms. The molecule has 4 nitrogen and oxygen atoms in total. The summed E-state index contributed by atoms with van der Waals surface area (Å²) in [4.78, 5) is 16.2. The molecule has 2 aliphatic rings. The fourth-order valence-corrected chi connectivity index (χ4v) is 3.18. The highest BCUT2D eigenvalue weighted by Crippen LogP contribution is 2.40. The van der Waals surface area contributed by atoms with Gasteiger partial charge in [0.05, 0.1) is 11.4 Å². The first-order chi connectivity index (χ1) is 8.20. The lowest BCUT2D eigenvalue weighted by atomic mass is 10.0. The average molecular weight is 296 g/mol. The van der Waals surface area contributed by atoms with Gasteiger partial charge in [-0.2, -0.15) is 0 Å². The number of rotatable bonds is 0. The molecule has 2 heterocycles. The highest BCUT2D eigenvalue weighted by atomic mass is 79.9. The van der Waals surface area contributed by atoms with Gasteiger partial charge in [-0.05, 0) is 28.1 Å². The van der Waals surface area contributed by atoms with Crippen LogP contribution in [0.1, 0.15) is 0 Å². The van der Waals surface area contributed by atoms with Crippen molar-refractivity contribution in [1.29, 1.82) is 0 Å². The Morgan fingerprint density at radius 3 is 3.12 bits per heavy atom. The van der Waals surface area contributed by atoms with Gasteiger partial charge in [0.15, 0.2) is 0 Å². The Labute approximate surface area is 109 Å². The number of benzene rings is 1. The molecular formula is C12H14BrN3O. The van der Waals surface area contributed by atoms with E-state index in [1.54, 1.807) is 4.90 Å². The molecule has 0 spiro atoms. The zero-order chi connectivity index (χ0) is 12.0. The van der Waals surface area contributed by atoms with Crippen molar-refractivity contribution in [3.63, 3.8) is 0 Å². The molecule has 90 valence electrons. The first kappa shape index (κ1) is 11.0. The fourth-order valence-electron chi connectivity index (χ4n) is 2.59. The molecular weight excluding hydrogens is 282 g/mol. The summed E-state index contributed by atoms with van der Waals surface area (Å²) in [7, 11) is 1.85. The molecule has 0 radical (unpaired) electrons. The van der Waals surface area contributed by atoms with Crippen LogP contribution in [0, 0.1) is 0 Å². The smallest absolute Gasteiger partial charge is 0.250 e. The van der Waals surface area contributed by atoms with Crippen molar-refractivity contribution >= 4 is 33.2 Å². The first-order valence-electron chi connectivity index (χ1n) is 5.73. The van der Waals surface area contributed by atoms with Gasteiger partial charge in [-0.3, -0.25) is 4.79 Å². The van der Waals surface area contributed by atoms with E-state index in [1.165, 1.54) is 0 Å². The number of anilines is 2. The van der Waals surface area contributed by atoms with Crippen LogP contribution in [-0.2, 0) is 4.79 Å². The minimum atomic E-state index is -0.0695. The number of carbonyl (C=O) groups is 1. The maximum atomic E-state index is 12.3. The molecule has 1 unspecified atom stereocenters. The van der Waals surface area contributed by atoms with Crippen molar-refractivity contribution in [2.75, 3.05) is 36.5 Å². The van der Waals surface area contributed by atoms with Gasteiger partial charge in [-0.1, -0.05) is 6.07 Å². The van der Waals surface area contributed by atoms with Crippen LogP contribution in [0.15, 0.2) is 22.7 Å². The molecule has 1 amide bonds. The van der Waals surface area contributed by atoms with Gasteiger partial charge in [0.2, 0.25) is 0 Å². The number of hydrogen-bond acceptors (Lipinski definition) is 3. The number of fused-ring (bicyclic) bond motifs is 3. The van der Waals surface area contributed by atoms with E-state index in [0.717, 1.165) is 35.5 Å². The molecule has 3 rings (SSSR count). The largest absolute Gasteiger partial charge is 0.355 e. The number of likely N-dealkylation sites (N-methyl/N-ethyl adjacent to an activating group) is 1. The van der Waals surface area contributed by atoms with E-state index in [0.29, 0.717) is 0 Å². The molecule has 1 saturated heterocycles. The van der Waals surface area contributed by atoms with Gasteiger partial charge in [0.25, 0.3) is 5.91 Å². The first-order valence-corrected chi connectivity index (χ1v) is 6.53. The van der Waals surface area contributed by atoms with Crippen LogP contribution in [0.2, 0.25) is 0 Å². The lowest BCUT2D eigenvalue weighted by Gasteiger charge is -2.44. The number of carbonyl (C=O) groups excluding carboxylic acids is 1. The Morgan fingerprint density at radius 1 is 1.47 bits per heavy atom. The summed E-state index contributed by atoms with van der Waals surface area (Å²) in [6.07, 6.45) is 0. The molecule has 1 aromatic carbocycles. The molecule has 1 fully saturated rings. The lowest BCUT2D eigenvalue weighted by Crippen LogP contribution is -2.61. The molecule has 0 aromatic heterocycles. The zero-order valence-electron chi connectivity index (χ0n) is 9.61. The van der Waals surface area contributed by atoms with Gasteiger partial charge in [0.1, 0.15) is 6.04 Å². The molecule has 1 atom stereocenters. The minimum absolute atomic E-state index is 0.0695. The summed E-state index contributed by atoms with van der Waals surface area (Å²) < 4.78 is 1.06. The Balaban J connectivity index is 2.16. The van der Waals surface area contributed by atoms with E-state index in [4.69, 9.17) is 0 Å². The van der Waals surface area contributed by atoms with Gasteiger partial charge < -0.3 is 15.1 Å². The second-order valence-corrected chi connectivity index (χ2v) is 5.27. The molecule has 2 aliphatic heterocycles. The van der Waals surface area contributed by atoms with Gasteiger partial charge in [-0.15, -0.1) is 0 Å². The van der Waals surface area contributed by atoms with E-state index in [9.17, 15) is 4.79 Å². The number of piperazine rings is 1. The van der Waals surface area contributed by atoms with Gasteiger partial charge >= 0.3 is 0 Å². The van der Waals surface area contributed by atoms with E-state index in [1.807, 2.05) is 25.2 Å². The van der Waals surface area contributed by atoms with Crippen molar-refractivity contribution in [2.24, 2.45) is 0 Å². The summed E-state index contributed by atoms with van der Waals surface area (Å²) in [6, 6.07) is 5.92. The standard InChI is InChI=1S/C12H14BrN3O/c1-15-9-4-2-3-8(13)11(9)16-6-5-14-7-10(16)12(15)17/h2-4,10,14H,5-7H2,1H3. The SMILES string of the molecule is CN1C(=O)C2CNCCN2c2c(Br)cccc21. The summed E-state index contributed by atoms with van der Waals surface area (Å²) in [6.45, 7) is 2.53. The maximum absolute atomic E-state index is 12.3. The second-order valence-electron chi connectivity index (χ2n) is 4.42. The van der Waals surface area contributed by atoms with Gasteiger partial charge in [-0.25, -0.2) is 0 Å². The Hall–Kier alpha value is -1.07. The summed E-state index contributed by atoms with van der Waals surface area (Å²) in [5.74, 6) is 0.169. The molecule has 0 bridgehead atoms. The topological polar surface area (TPSA) is 35.6 Å². The van der Waals surface area contributed by atoms with E-state index in [-0.39, 0.29) is 11.9 Å². The summed E-state index contributed by atoms with van der Waals surface area (Å²) in [5.41, 5.74) is 2.13. The molecule has 0 saturated carbocycles. The quantitative estimate of drug-likeness (QED) is 0.781. The molecule has 0 aliphatic carbocycles. The van der Waals surface area contributed by atoms with Crippen LogP contribution < -0.4 is 15.1 Å². The number of para-hydroxylation sites is 1. The molecule has 5 heteroatoms.